The van der Waals surface area contributed by atoms with Crippen molar-refractivity contribution < 1.29 is 26.8 Å². The van der Waals surface area contributed by atoms with Crippen LogP contribution in [-0.2, 0) is 9.84 Å². The van der Waals surface area contributed by atoms with Crippen molar-refractivity contribution in [3.8, 4) is 10.4 Å². The number of carbonyl (C=O) groups is 2. The zero-order valence-corrected chi connectivity index (χ0v) is 25.1. The maximum atomic E-state index is 14.4. The third-order valence-electron chi connectivity index (χ3n) is 7.32. The lowest BCUT2D eigenvalue weighted by atomic mass is 10.1. The van der Waals surface area contributed by atoms with E-state index in [1.807, 2.05) is 34.6 Å². The predicted molar refractivity (Wildman–Crippen MR) is 152 cm³/mol. The number of rotatable bonds is 7. The van der Waals surface area contributed by atoms with E-state index < -0.39 is 33.6 Å². The number of carbonyl (C=O) groups excluding carboxylic acids is 2. The van der Waals surface area contributed by atoms with Gasteiger partial charge >= 0.3 is 0 Å². The first-order chi connectivity index (χ1) is 18.7. The summed E-state index contributed by atoms with van der Waals surface area (Å²) in [4.78, 5) is 37.8. The number of nitrogens with zero attached hydrogens (tertiary/aromatic N) is 3. The van der Waals surface area contributed by atoms with Gasteiger partial charge in [-0.1, -0.05) is 6.92 Å². The van der Waals surface area contributed by atoms with Gasteiger partial charge < -0.3 is 15.5 Å². The first-order valence-electron chi connectivity index (χ1n) is 13.6. The van der Waals surface area contributed by atoms with Gasteiger partial charge in [-0.15, -0.1) is 11.3 Å². The normalized spacial score (nSPS) is 21.6. The SMILES string of the molecule is CCC1CCC(C)N1C(=O)c1nc(C(=O)NC2CCS(=O)(=O)CC2)sc1-c1cnc(NC(C)(C)C)cc1C(F)F. The molecule has 2 atom stereocenters. The second kappa shape index (κ2) is 11.7. The maximum Gasteiger partial charge on any atom is 0.280 e. The molecule has 0 spiro atoms. The van der Waals surface area contributed by atoms with Crippen molar-refractivity contribution in [2.24, 2.45) is 0 Å². The van der Waals surface area contributed by atoms with Gasteiger partial charge in [-0.05, 0) is 65.9 Å². The molecule has 2 amide bonds. The monoisotopic (exact) mass is 597 g/mol. The summed E-state index contributed by atoms with van der Waals surface area (Å²) in [5, 5.41) is 5.87. The van der Waals surface area contributed by atoms with E-state index in [1.165, 1.54) is 12.3 Å². The van der Waals surface area contributed by atoms with E-state index in [9.17, 15) is 26.8 Å². The van der Waals surface area contributed by atoms with E-state index in [0.717, 1.165) is 30.6 Å². The van der Waals surface area contributed by atoms with Crippen LogP contribution in [0, 0.1) is 0 Å². The molecule has 2 saturated heterocycles. The van der Waals surface area contributed by atoms with Gasteiger partial charge in [0.1, 0.15) is 21.3 Å². The average molecular weight is 598 g/mol. The molecule has 2 N–H and O–H groups in total. The van der Waals surface area contributed by atoms with Crippen LogP contribution in [0.3, 0.4) is 0 Å². The van der Waals surface area contributed by atoms with Gasteiger partial charge in [0.05, 0.1) is 16.4 Å². The molecule has 0 radical (unpaired) electrons. The van der Waals surface area contributed by atoms with Gasteiger partial charge in [0, 0.05) is 41.0 Å². The van der Waals surface area contributed by atoms with Crippen molar-refractivity contribution in [1.29, 1.82) is 0 Å². The summed E-state index contributed by atoms with van der Waals surface area (Å²) in [7, 11) is -3.11. The van der Waals surface area contributed by atoms with E-state index in [-0.39, 0.29) is 75.0 Å². The third-order valence-corrected chi connectivity index (χ3v) is 10.1. The van der Waals surface area contributed by atoms with Gasteiger partial charge in [0.25, 0.3) is 18.2 Å². The minimum absolute atomic E-state index is 0.00966. The number of hydrogen-bond donors (Lipinski definition) is 2. The van der Waals surface area contributed by atoms with Crippen LogP contribution in [0.4, 0.5) is 14.6 Å². The van der Waals surface area contributed by atoms with Crippen LogP contribution in [0.1, 0.15) is 99.0 Å². The van der Waals surface area contributed by atoms with Crippen molar-refractivity contribution in [1.82, 2.24) is 20.2 Å². The quantitative estimate of drug-likeness (QED) is 0.458. The lowest BCUT2D eigenvalue weighted by Crippen LogP contribution is -2.41. The predicted octanol–water partition coefficient (Wildman–Crippen LogP) is 5.06. The zero-order chi connectivity index (χ0) is 29.4. The van der Waals surface area contributed by atoms with Crippen molar-refractivity contribution in [3.63, 3.8) is 0 Å². The molecule has 13 heteroatoms. The first kappa shape index (κ1) is 30.3. The molecule has 0 saturated carbocycles. The molecule has 4 heterocycles. The van der Waals surface area contributed by atoms with Gasteiger partial charge in [-0.25, -0.2) is 27.2 Å². The number of aromatic nitrogens is 2. The first-order valence-corrected chi connectivity index (χ1v) is 16.2. The molecule has 220 valence electrons. The van der Waals surface area contributed by atoms with Crippen LogP contribution in [-0.4, -0.2) is 70.3 Å². The minimum Gasteiger partial charge on any atom is -0.365 e. The number of nitrogens with one attached hydrogen (secondary N) is 2. The van der Waals surface area contributed by atoms with Crippen LogP contribution in [0.2, 0.25) is 0 Å². The van der Waals surface area contributed by atoms with E-state index in [0.29, 0.717) is 0 Å². The fourth-order valence-corrected chi connectivity index (χ4v) is 7.76. The summed E-state index contributed by atoms with van der Waals surface area (Å²) in [6, 6.07) is 0.852. The molecule has 40 heavy (non-hydrogen) atoms. The fourth-order valence-electron chi connectivity index (χ4n) is 5.28. The topological polar surface area (TPSA) is 121 Å². The van der Waals surface area contributed by atoms with E-state index in [1.54, 1.807) is 4.90 Å². The van der Waals surface area contributed by atoms with Crippen molar-refractivity contribution >= 4 is 38.8 Å². The highest BCUT2D eigenvalue weighted by molar-refractivity contribution is 7.91. The molecule has 9 nitrogen and oxygen atoms in total. The highest BCUT2D eigenvalue weighted by atomic mass is 32.2. The lowest BCUT2D eigenvalue weighted by molar-refractivity contribution is 0.0671. The van der Waals surface area contributed by atoms with Gasteiger partial charge in [-0.2, -0.15) is 0 Å². The summed E-state index contributed by atoms with van der Waals surface area (Å²) >= 11 is 0.874. The second-order valence-corrected chi connectivity index (χ2v) is 14.9. The van der Waals surface area contributed by atoms with Crippen LogP contribution in [0.25, 0.3) is 10.4 Å². The van der Waals surface area contributed by atoms with Crippen LogP contribution in [0.5, 0.6) is 0 Å². The van der Waals surface area contributed by atoms with Gasteiger partial charge in [0.15, 0.2) is 5.01 Å². The van der Waals surface area contributed by atoms with Crippen LogP contribution in [0.15, 0.2) is 12.3 Å². The number of hydrogen-bond acceptors (Lipinski definition) is 8. The largest absolute Gasteiger partial charge is 0.365 e. The van der Waals surface area contributed by atoms with E-state index in [2.05, 4.69) is 20.6 Å². The Morgan fingerprint density at radius 1 is 1.18 bits per heavy atom. The van der Waals surface area contributed by atoms with E-state index in [4.69, 9.17) is 0 Å². The average Bonchev–Trinajstić information content (AvgIpc) is 3.48. The summed E-state index contributed by atoms with van der Waals surface area (Å²) < 4.78 is 52.3. The molecule has 2 unspecified atom stereocenters. The number of amides is 2. The molecule has 2 aliphatic heterocycles. The smallest absolute Gasteiger partial charge is 0.280 e. The van der Waals surface area contributed by atoms with Gasteiger partial charge in [-0.3, -0.25) is 9.59 Å². The Bertz CT molecular complexity index is 1360. The van der Waals surface area contributed by atoms with Crippen LogP contribution < -0.4 is 10.6 Å². The Kier molecular flexibility index (Phi) is 8.84. The molecule has 2 aliphatic rings. The lowest BCUT2D eigenvalue weighted by Gasteiger charge is -2.27. The van der Waals surface area contributed by atoms with E-state index >= 15 is 0 Å². The molecule has 0 aliphatic carbocycles. The Labute approximate surface area is 238 Å². The number of pyridine rings is 1. The summed E-state index contributed by atoms with van der Waals surface area (Å²) in [5.41, 5.74) is -0.721. The van der Waals surface area contributed by atoms with Gasteiger partial charge in [0.2, 0.25) is 0 Å². The van der Waals surface area contributed by atoms with Crippen LogP contribution >= 0.6 is 11.3 Å². The molecule has 2 fully saturated rings. The summed E-state index contributed by atoms with van der Waals surface area (Å²) in [6.07, 6.45) is 1.39. The second-order valence-electron chi connectivity index (χ2n) is 11.6. The number of sulfone groups is 1. The maximum absolute atomic E-state index is 14.4. The molecule has 0 aromatic carbocycles. The Balaban J connectivity index is 1.75. The summed E-state index contributed by atoms with van der Waals surface area (Å²) in [6.45, 7) is 9.60. The summed E-state index contributed by atoms with van der Waals surface area (Å²) in [5.74, 6) is -0.729. The number of alkyl halides is 2. The Morgan fingerprint density at radius 2 is 1.85 bits per heavy atom. The number of likely N-dealkylation sites (tertiary alicyclic amines) is 1. The molecular formula is C27H37F2N5O4S2. The van der Waals surface area contributed by atoms with Crippen molar-refractivity contribution in [2.45, 2.75) is 96.8 Å². The Morgan fingerprint density at radius 3 is 2.45 bits per heavy atom. The standard InChI is InChI=1S/C27H37F2N5O4S2/c1-6-17-8-7-15(2)34(17)26(36)21-22(19-14-30-20(33-27(3,4)5)13-18(19)23(28)29)39-25(32-21)24(35)31-16-9-11-40(37,38)12-10-16/h13-17,23H,6-12H2,1-5H3,(H,30,33)(H,31,35). The fraction of sp³-hybridized carbons (Fsp3) is 0.630. The third kappa shape index (κ3) is 6.79. The highest BCUT2D eigenvalue weighted by Gasteiger charge is 2.37. The molecule has 4 rings (SSSR count). The molecule has 2 aromatic heterocycles. The Hall–Kier alpha value is -2.67. The number of thiazole rings is 1. The number of halogens is 2. The minimum atomic E-state index is -3.11. The number of anilines is 1. The van der Waals surface area contributed by atoms with Crippen molar-refractivity contribution in [3.05, 3.63) is 28.5 Å². The zero-order valence-electron chi connectivity index (χ0n) is 23.5. The molecule has 0 bridgehead atoms. The molecular weight excluding hydrogens is 560 g/mol. The molecule has 2 aromatic rings. The highest BCUT2D eigenvalue weighted by Crippen LogP contribution is 2.40. The van der Waals surface area contributed by atoms with Crippen molar-refractivity contribution in [2.75, 3.05) is 16.8 Å².